The fourth-order valence-corrected chi connectivity index (χ4v) is 3.98. The third kappa shape index (κ3) is 5.05. The first-order valence-electron chi connectivity index (χ1n) is 9.46. The number of carbonyl (C=O) groups excluding carboxylic acids is 3. The second-order valence-electron chi connectivity index (χ2n) is 6.90. The summed E-state index contributed by atoms with van der Waals surface area (Å²) in [5.74, 6) is -0.154. The second-order valence-corrected chi connectivity index (χ2v) is 7.81. The molecule has 6 nitrogen and oxygen atoms in total. The predicted octanol–water partition coefficient (Wildman–Crippen LogP) is 2.91. The van der Waals surface area contributed by atoms with Crippen molar-refractivity contribution in [2.24, 2.45) is 0 Å². The molecule has 7 heteroatoms. The van der Waals surface area contributed by atoms with E-state index in [0.717, 1.165) is 38.3 Å². The summed E-state index contributed by atoms with van der Waals surface area (Å²) >= 11 is 1.25. The molecule has 1 N–H and O–H groups in total. The van der Waals surface area contributed by atoms with Crippen LogP contribution >= 0.6 is 11.3 Å². The van der Waals surface area contributed by atoms with Crippen LogP contribution in [0.3, 0.4) is 0 Å². The van der Waals surface area contributed by atoms with Gasteiger partial charge < -0.3 is 15.1 Å². The Bertz CT molecular complexity index is 852. The molecule has 0 radical (unpaired) electrons. The quantitative estimate of drug-likeness (QED) is 0.759. The van der Waals surface area contributed by atoms with Gasteiger partial charge in [-0.1, -0.05) is 19.1 Å². The number of carbonyl (C=O) groups is 3. The minimum atomic E-state index is -0.241. The molecule has 0 unspecified atom stereocenters. The van der Waals surface area contributed by atoms with E-state index >= 15 is 0 Å². The van der Waals surface area contributed by atoms with E-state index in [-0.39, 0.29) is 17.6 Å². The number of piperazine rings is 1. The van der Waals surface area contributed by atoms with Gasteiger partial charge in [-0.25, -0.2) is 0 Å². The van der Waals surface area contributed by atoms with Gasteiger partial charge in [0.15, 0.2) is 5.78 Å². The summed E-state index contributed by atoms with van der Waals surface area (Å²) < 4.78 is 0. The Kier molecular flexibility index (Phi) is 6.59. The molecule has 0 spiro atoms. The van der Waals surface area contributed by atoms with Crippen LogP contribution in [0.15, 0.2) is 35.7 Å². The standard InChI is InChI=1S/C21H25N3O3S/c1-3-23-8-10-24(11-9-23)20(26)12-16-4-6-18(7-5-16)22-21(27)19-13-17(14-28-19)15(2)25/h4-7,13-14H,3,8-12H2,1-2H3,(H,22,27). The highest BCUT2D eigenvalue weighted by Gasteiger charge is 2.20. The van der Waals surface area contributed by atoms with E-state index in [2.05, 4.69) is 17.1 Å². The van der Waals surface area contributed by atoms with Crippen molar-refractivity contribution in [2.45, 2.75) is 20.3 Å². The summed E-state index contributed by atoms with van der Waals surface area (Å²) in [6, 6.07) is 8.94. The topological polar surface area (TPSA) is 69.7 Å². The van der Waals surface area contributed by atoms with Gasteiger partial charge in [0.25, 0.3) is 5.91 Å². The van der Waals surface area contributed by atoms with Crippen molar-refractivity contribution in [2.75, 3.05) is 38.0 Å². The summed E-state index contributed by atoms with van der Waals surface area (Å²) in [7, 11) is 0. The molecule has 0 aliphatic carbocycles. The molecule has 0 bridgehead atoms. The number of hydrogen-bond acceptors (Lipinski definition) is 5. The number of anilines is 1. The Labute approximate surface area is 169 Å². The van der Waals surface area contributed by atoms with Crippen LogP contribution in [0.4, 0.5) is 5.69 Å². The van der Waals surface area contributed by atoms with Gasteiger partial charge in [-0.3, -0.25) is 14.4 Å². The SMILES string of the molecule is CCN1CCN(C(=O)Cc2ccc(NC(=O)c3cc(C(C)=O)cs3)cc2)CC1. The maximum Gasteiger partial charge on any atom is 0.265 e. The maximum absolute atomic E-state index is 12.5. The molecule has 148 valence electrons. The van der Waals surface area contributed by atoms with Gasteiger partial charge in [-0.15, -0.1) is 11.3 Å². The Balaban J connectivity index is 1.53. The lowest BCUT2D eigenvalue weighted by molar-refractivity contribution is -0.132. The van der Waals surface area contributed by atoms with Gasteiger partial charge in [0.2, 0.25) is 5.91 Å². The fraction of sp³-hybridized carbons (Fsp3) is 0.381. The van der Waals surface area contributed by atoms with Crippen LogP contribution < -0.4 is 5.32 Å². The number of thiophene rings is 1. The van der Waals surface area contributed by atoms with Gasteiger partial charge >= 0.3 is 0 Å². The Morgan fingerprint density at radius 1 is 1.07 bits per heavy atom. The van der Waals surface area contributed by atoms with E-state index in [1.54, 1.807) is 23.6 Å². The van der Waals surface area contributed by atoms with Gasteiger partial charge in [0, 0.05) is 42.8 Å². The van der Waals surface area contributed by atoms with Crippen LogP contribution in [0.2, 0.25) is 0 Å². The van der Waals surface area contributed by atoms with Gasteiger partial charge in [0.05, 0.1) is 11.3 Å². The minimum Gasteiger partial charge on any atom is -0.340 e. The lowest BCUT2D eigenvalue weighted by atomic mass is 10.1. The van der Waals surface area contributed by atoms with Crippen molar-refractivity contribution in [1.82, 2.24) is 9.80 Å². The molecular formula is C21H25N3O3S. The van der Waals surface area contributed by atoms with Gasteiger partial charge in [-0.05, 0) is 37.2 Å². The van der Waals surface area contributed by atoms with Crippen LogP contribution in [-0.4, -0.2) is 60.1 Å². The number of benzene rings is 1. The largest absolute Gasteiger partial charge is 0.340 e. The molecular weight excluding hydrogens is 374 g/mol. The zero-order valence-corrected chi connectivity index (χ0v) is 17.1. The number of ketones is 1. The molecule has 1 aromatic carbocycles. The highest BCUT2D eigenvalue weighted by Crippen LogP contribution is 2.18. The predicted molar refractivity (Wildman–Crippen MR) is 111 cm³/mol. The summed E-state index contributed by atoms with van der Waals surface area (Å²) in [6.07, 6.45) is 0.368. The first kappa shape index (κ1) is 20.2. The van der Waals surface area contributed by atoms with E-state index in [1.807, 2.05) is 17.0 Å². The third-order valence-electron chi connectivity index (χ3n) is 4.97. The summed E-state index contributed by atoms with van der Waals surface area (Å²) in [6.45, 7) is 8.07. The lowest BCUT2D eigenvalue weighted by Gasteiger charge is -2.34. The number of Topliss-reactive ketones (excluding diaryl/α,β-unsaturated/α-hetero) is 1. The smallest absolute Gasteiger partial charge is 0.265 e. The number of nitrogens with zero attached hydrogens (tertiary/aromatic N) is 2. The van der Waals surface area contributed by atoms with Crippen molar-refractivity contribution in [3.8, 4) is 0 Å². The highest BCUT2D eigenvalue weighted by molar-refractivity contribution is 7.12. The summed E-state index contributed by atoms with van der Waals surface area (Å²) in [4.78, 5) is 40.9. The maximum atomic E-state index is 12.5. The number of rotatable bonds is 6. The normalized spacial score (nSPS) is 14.7. The van der Waals surface area contributed by atoms with Gasteiger partial charge in [0.1, 0.15) is 0 Å². The summed E-state index contributed by atoms with van der Waals surface area (Å²) in [5.41, 5.74) is 2.13. The fourth-order valence-electron chi connectivity index (χ4n) is 3.14. The van der Waals surface area contributed by atoms with Crippen molar-refractivity contribution in [1.29, 1.82) is 0 Å². The number of likely N-dealkylation sites (N-methyl/N-ethyl adjacent to an activating group) is 1. The van der Waals surface area contributed by atoms with E-state index in [0.29, 0.717) is 22.5 Å². The number of nitrogens with one attached hydrogen (secondary N) is 1. The average molecular weight is 400 g/mol. The molecule has 1 aliphatic rings. The third-order valence-corrected chi connectivity index (χ3v) is 5.90. The van der Waals surface area contributed by atoms with Crippen LogP contribution in [0.5, 0.6) is 0 Å². The first-order valence-corrected chi connectivity index (χ1v) is 10.3. The van der Waals surface area contributed by atoms with Crippen molar-refractivity contribution in [3.05, 3.63) is 51.7 Å². The van der Waals surface area contributed by atoms with Crippen LogP contribution in [0.25, 0.3) is 0 Å². The van der Waals surface area contributed by atoms with Crippen LogP contribution in [0.1, 0.15) is 39.4 Å². The van der Waals surface area contributed by atoms with Crippen molar-refractivity contribution < 1.29 is 14.4 Å². The second kappa shape index (κ2) is 9.12. The van der Waals surface area contributed by atoms with E-state index in [9.17, 15) is 14.4 Å². The molecule has 1 aliphatic heterocycles. The molecule has 2 amide bonds. The number of amides is 2. The molecule has 0 atom stereocenters. The van der Waals surface area contributed by atoms with Gasteiger partial charge in [-0.2, -0.15) is 0 Å². The van der Waals surface area contributed by atoms with E-state index < -0.39 is 0 Å². The van der Waals surface area contributed by atoms with Crippen LogP contribution in [0, 0.1) is 0 Å². The molecule has 1 aromatic heterocycles. The molecule has 2 heterocycles. The molecule has 1 saturated heterocycles. The zero-order chi connectivity index (χ0) is 20.1. The Morgan fingerprint density at radius 3 is 2.32 bits per heavy atom. The van der Waals surface area contributed by atoms with E-state index in [4.69, 9.17) is 0 Å². The summed E-state index contributed by atoms with van der Waals surface area (Å²) in [5, 5.41) is 4.51. The molecule has 0 saturated carbocycles. The van der Waals surface area contributed by atoms with Crippen molar-refractivity contribution >= 4 is 34.6 Å². The molecule has 2 aromatic rings. The van der Waals surface area contributed by atoms with Crippen molar-refractivity contribution in [3.63, 3.8) is 0 Å². The van der Waals surface area contributed by atoms with Crippen LogP contribution in [-0.2, 0) is 11.2 Å². The molecule has 1 fully saturated rings. The Hall–Kier alpha value is -2.51. The van der Waals surface area contributed by atoms with E-state index in [1.165, 1.54) is 18.3 Å². The Morgan fingerprint density at radius 2 is 1.75 bits per heavy atom. The molecule has 28 heavy (non-hydrogen) atoms. The number of hydrogen-bond donors (Lipinski definition) is 1. The first-order chi connectivity index (χ1) is 13.5. The monoisotopic (exact) mass is 399 g/mol. The lowest BCUT2D eigenvalue weighted by Crippen LogP contribution is -2.48. The highest BCUT2D eigenvalue weighted by atomic mass is 32.1. The zero-order valence-electron chi connectivity index (χ0n) is 16.2. The average Bonchev–Trinajstić information content (AvgIpc) is 3.20. The minimum absolute atomic E-state index is 0.0552. The molecule has 3 rings (SSSR count).